The molecule has 120 valence electrons. The number of ether oxygens (including phenoxy) is 3. The molecule has 0 bridgehead atoms. The summed E-state index contributed by atoms with van der Waals surface area (Å²) in [6.45, 7) is 0.735. The summed E-state index contributed by atoms with van der Waals surface area (Å²) in [5, 5.41) is 12.9. The highest BCUT2D eigenvalue weighted by atomic mass is 16.7. The Kier molecular flexibility index (Phi) is 2.49. The van der Waals surface area contributed by atoms with Gasteiger partial charge in [-0.05, 0) is 23.3 Å². The fraction of sp³-hybridized carbons (Fsp3) is 0.471. The third kappa shape index (κ3) is 1.73. The maximum atomic E-state index is 12.9. The van der Waals surface area contributed by atoms with Crippen LogP contribution in [0.1, 0.15) is 34.7 Å². The molecule has 3 heterocycles. The first kappa shape index (κ1) is 13.4. The molecule has 3 aliphatic heterocycles. The molecule has 6 nitrogen and oxygen atoms in total. The molecule has 4 aliphatic rings. The average Bonchev–Trinajstić information content (AvgIpc) is 3.10. The van der Waals surface area contributed by atoms with E-state index in [0.29, 0.717) is 30.0 Å². The standard InChI is InChI=1S/C17H17NO5/c1-18(20)5-4-9-2-3-12-15(16(9)18)10-6-13-14(22-8-21-13)7-11(10)17(19)23-12/h2,6-7,12,15-16H,3-5,8H2,1H3/t12-,15-,16-,18?/m1/s1. The maximum Gasteiger partial charge on any atom is 0.338 e. The number of quaternary nitrogens is 1. The number of nitrogens with zero attached hydrogens (tertiary/aromatic N) is 1. The van der Waals surface area contributed by atoms with Crippen LogP contribution in [0, 0.1) is 5.21 Å². The van der Waals surface area contributed by atoms with E-state index in [1.807, 2.05) is 6.07 Å². The first-order chi connectivity index (χ1) is 11.0. The molecule has 4 atom stereocenters. The van der Waals surface area contributed by atoms with E-state index in [4.69, 9.17) is 14.2 Å². The largest absolute Gasteiger partial charge is 0.633 e. The number of carbonyl (C=O) groups excluding carboxylic acids is 1. The number of hydrogen-bond donors (Lipinski definition) is 0. The van der Waals surface area contributed by atoms with Crippen LogP contribution in [0.2, 0.25) is 0 Å². The van der Waals surface area contributed by atoms with E-state index in [2.05, 4.69) is 6.08 Å². The minimum atomic E-state index is -0.338. The van der Waals surface area contributed by atoms with Crippen molar-refractivity contribution in [2.75, 3.05) is 20.4 Å². The maximum absolute atomic E-state index is 12.9. The van der Waals surface area contributed by atoms with Crippen LogP contribution in [-0.4, -0.2) is 43.1 Å². The van der Waals surface area contributed by atoms with Crippen LogP contribution >= 0.6 is 0 Å². The number of esters is 1. The summed E-state index contributed by atoms with van der Waals surface area (Å²) in [6.07, 6.45) is 3.32. The van der Waals surface area contributed by atoms with E-state index in [1.54, 1.807) is 13.1 Å². The van der Waals surface area contributed by atoms with Gasteiger partial charge in [0.2, 0.25) is 6.79 Å². The van der Waals surface area contributed by atoms with Gasteiger partial charge < -0.3 is 24.1 Å². The zero-order chi connectivity index (χ0) is 15.8. The van der Waals surface area contributed by atoms with Gasteiger partial charge in [0.05, 0.1) is 25.1 Å². The summed E-state index contributed by atoms with van der Waals surface area (Å²) in [4.78, 5) is 12.4. The van der Waals surface area contributed by atoms with Crippen molar-refractivity contribution >= 4 is 5.97 Å². The lowest BCUT2D eigenvalue weighted by atomic mass is 9.74. The van der Waals surface area contributed by atoms with Crippen LogP contribution < -0.4 is 9.47 Å². The summed E-state index contributed by atoms with van der Waals surface area (Å²) in [5.41, 5.74) is 2.57. The predicted octanol–water partition coefficient (Wildman–Crippen LogP) is 2.08. The van der Waals surface area contributed by atoms with Crippen LogP contribution in [0.25, 0.3) is 0 Å². The molecule has 1 fully saturated rings. The highest BCUT2D eigenvalue weighted by Crippen LogP contribution is 2.50. The second-order valence-corrected chi connectivity index (χ2v) is 6.87. The normalized spacial score (nSPS) is 36.7. The van der Waals surface area contributed by atoms with E-state index in [0.717, 1.165) is 12.0 Å². The van der Waals surface area contributed by atoms with Gasteiger partial charge in [-0.15, -0.1) is 0 Å². The SMILES string of the molecule is C[N+]1([O-])CCC2=CC[C@H]3OC(=O)c4cc5c(cc4[C@H]3[C@@H]21)OCO5. The first-order valence-electron chi connectivity index (χ1n) is 7.94. The van der Waals surface area contributed by atoms with E-state index in [9.17, 15) is 10.0 Å². The summed E-state index contributed by atoms with van der Waals surface area (Å²) >= 11 is 0. The number of likely N-dealkylation sites (tertiary alicyclic amines) is 1. The van der Waals surface area contributed by atoms with Crippen molar-refractivity contribution in [3.05, 3.63) is 40.1 Å². The number of hydrogen-bond acceptors (Lipinski definition) is 5. The number of carbonyl (C=O) groups is 1. The second kappa shape index (κ2) is 4.27. The number of fused-ring (bicyclic) bond motifs is 6. The first-order valence-corrected chi connectivity index (χ1v) is 7.94. The molecule has 6 heteroatoms. The molecule has 5 rings (SSSR count). The lowest BCUT2D eigenvalue weighted by Crippen LogP contribution is -2.52. The Balaban J connectivity index is 1.70. The van der Waals surface area contributed by atoms with Crippen LogP contribution in [0.4, 0.5) is 0 Å². The van der Waals surface area contributed by atoms with Gasteiger partial charge in [-0.2, -0.15) is 0 Å². The van der Waals surface area contributed by atoms with Gasteiger partial charge in [0.25, 0.3) is 0 Å². The third-order valence-corrected chi connectivity index (χ3v) is 5.55. The quantitative estimate of drug-likeness (QED) is 0.317. The van der Waals surface area contributed by atoms with E-state index in [-0.39, 0.29) is 35.5 Å². The Morgan fingerprint density at radius 2 is 2.04 bits per heavy atom. The van der Waals surface area contributed by atoms with E-state index in [1.165, 1.54) is 5.57 Å². The van der Waals surface area contributed by atoms with Crippen LogP contribution in [0.15, 0.2) is 23.8 Å². The van der Waals surface area contributed by atoms with Crippen molar-refractivity contribution in [1.82, 2.24) is 0 Å². The van der Waals surface area contributed by atoms with Crippen molar-refractivity contribution in [2.45, 2.75) is 30.9 Å². The topological polar surface area (TPSA) is 67.8 Å². The van der Waals surface area contributed by atoms with Crippen molar-refractivity contribution in [3.8, 4) is 11.5 Å². The van der Waals surface area contributed by atoms with Crippen LogP contribution in [-0.2, 0) is 4.74 Å². The van der Waals surface area contributed by atoms with Crippen molar-refractivity contribution in [2.24, 2.45) is 0 Å². The Morgan fingerprint density at radius 1 is 1.26 bits per heavy atom. The van der Waals surface area contributed by atoms with E-state index >= 15 is 0 Å². The van der Waals surface area contributed by atoms with Crippen LogP contribution in [0.5, 0.6) is 11.5 Å². The van der Waals surface area contributed by atoms with Gasteiger partial charge in [0.1, 0.15) is 12.1 Å². The summed E-state index contributed by atoms with van der Waals surface area (Å²) < 4.78 is 16.2. The predicted molar refractivity (Wildman–Crippen MR) is 80.0 cm³/mol. The summed E-state index contributed by atoms with van der Waals surface area (Å²) in [7, 11) is 1.72. The zero-order valence-corrected chi connectivity index (χ0v) is 12.8. The minimum absolute atomic E-state index is 0.109. The second-order valence-electron chi connectivity index (χ2n) is 6.87. The molecule has 0 amide bonds. The fourth-order valence-electron chi connectivity index (χ4n) is 4.50. The molecule has 1 aromatic carbocycles. The van der Waals surface area contributed by atoms with Gasteiger partial charge in [0.15, 0.2) is 11.5 Å². The van der Waals surface area contributed by atoms with Crippen molar-refractivity contribution in [3.63, 3.8) is 0 Å². The molecule has 0 radical (unpaired) electrons. The molecule has 23 heavy (non-hydrogen) atoms. The Labute approximate surface area is 133 Å². The number of likely N-dealkylation sites (N-methyl/N-ethyl adjacent to an activating group) is 1. The Morgan fingerprint density at radius 3 is 2.87 bits per heavy atom. The lowest BCUT2D eigenvalue weighted by molar-refractivity contribution is -0.872. The van der Waals surface area contributed by atoms with Gasteiger partial charge in [-0.25, -0.2) is 4.79 Å². The number of rotatable bonds is 0. The molecule has 1 aliphatic carbocycles. The van der Waals surface area contributed by atoms with Crippen LogP contribution in [0.3, 0.4) is 0 Å². The van der Waals surface area contributed by atoms with Crippen molar-refractivity contribution < 1.29 is 23.7 Å². The molecule has 0 N–H and O–H groups in total. The fourth-order valence-corrected chi connectivity index (χ4v) is 4.50. The minimum Gasteiger partial charge on any atom is -0.633 e. The summed E-state index contributed by atoms with van der Waals surface area (Å²) in [5.74, 6) is 0.764. The van der Waals surface area contributed by atoms with Gasteiger partial charge >= 0.3 is 5.97 Å². The Hall–Kier alpha value is -2.05. The van der Waals surface area contributed by atoms with Gasteiger partial charge in [-0.3, -0.25) is 0 Å². The monoisotopic (exact) mass is 315 g/mol. The molecule has 1 aromatic rings. The molecule has 0 spiro atoms. The van der Waals surface area contributed by atoms with E-state index < -0.39 is 0 Å². The number of hydroxylamine groups is 3. The molecule has 0 saturated carbocycles. The molecular formula is C17H17NO5. The highest BCUT2D eigenvalue weighted by Gasteiger charge is 2.52. The highest BCUT2D eigenvalue weighted by molar-refractivity contribution is 5.94. The van der Waals surface area contributed by atoms with Gasteiger partial charge in [0, 0.05) is 12.8 Å². The molecule has 1 saturated heterocycles. The van der Waals surface area contributed by atoms with Crippen molar-refractivity contribution in [1.29, 1.82) is 0 Å². The average molecular weight is 315 g/mol. The zero-order valence-electron chi connectivity index (χ0n) is 12.8. The smallest absolute Gasteiger partial charge is 0.338 e. The lowest BCUT2D eigenvalue weighted by Gasteiger charge is -2.48. The summed E-state index contributed by atoms with van der Waals surface area (Å²) in [6, 6.07) is 3.39. The Bertz CT molecular complexity index is 754. The molecule has 0 aromatic heterocycles. The molecular weight excluding hydrogens is 298 g/mol. The van der Waals surface area contributed by atoms with Gasteiger partial charge in [-0.1, -0.05) is 6.08 Å². The molecule has 1 unspecified atom stereocenters. The number of benzene rings is 1. The third-order valence-electron chi connectivity index (χ3n) is 5.55.